The Balaban J connectivity index is 2.32. The third-order valence-electron chi connectivity index (χ3n) is 2.65. The number of halogens is 1. The number of nitrogens with one attached hydrogen (secondary N) is 2. The van der Waals surface area contributed by atoms with Gasteiger partial charge in [-0.05, 0) is 12.1 Å². The molecule has 108 valence electrons. The second-order valence-electron chi connectivity index (χ2n) is 4.00. The first kappa shape index (κ1) is 14.3. The molecule has 0 fully saturated rings. The summed E-state index contributed by atoms with van der Waals surface area (Å²) in [4.78, 5) is 6.56. The minimum atomic E-state index is -3.91. The molecule has 0 aliphatic heterocycles. The van der Waals surface area contributed by atoms with Crippen LogP contribution in [-0.2, 0) is 16.4 Å². The van der Waals surface area contributed by atoms with Gasteiger partial charge in [0.15, 0.2) is 5.03 Å². The summed E-state index contributed by atoms with van der Waals surface area (Å²) in [7, 11) is -2.50. The fraction of sp³-hybridized carbons (Fsp3) is 0.250. The van der Waals surface area contributed by atoms with E-state index in [9.17, 15) is 12.8 Å². The van der Waals surface area contributed by atoms with Crippen molar-refractivity contribution in [1.29, 1.82) is 0 Å². The van der Waals surface area contributed by atoms with Crippen LogP contribution in [-0.4, -0.2) is 25.5 Å². The number of aromatic nitrogens is 2. The third kappa shape index (κ3) is 2.90. The molecule has 2 aromatic rings. The van der Waals surface area contributed by atoms with E-state index in [0.717, 1.165) is 6.07 Å². The number of H-pyrrole nitrogens is 1. The number of hydrogen-bond acceptors (Lipinski definition) is 4. The van der Waals surface area contributed by atoms with Crippen LogP contribution in [0.15, 0.2) is 29.4 Å². The van der Waals surface area contributed by atoms with Crippen LogP contribution in [0.2, 0.25) is 0 Å². The lowest BCUT2D eigenvalue weighted by Crippen LogP contribution is -2.14. The Morgan fingerprint density at radius 3 is 2.80 bits per heavy atom. The Labute approximate surface area is 116 Å². The van der Waals surface area contributed by atoms with Crippen molar-refractivity contribution in [2.45, 2.75) is 18.4 Å². The third-order valence-corrected chi connectivity index (χ3v) is 3.92. The first-order chi connectivity index (χ1) is 9.46. The zero-order valence-electron chi connectivity index (χ0n) is 11.0. The molecule has 0 unspecified atom stereocenters. The van der Waals surface area contributed by atoms with Gasteiger partial charge in [-0.25, -0.2) is 9.37 Å². The van der Waals surface area contributed by atoms with Crippen molar-refractivity contribution in [3.8, 4) is 5.75 Å². The summed E-state index contributed by atoms with van der Waals surface area (Å²) >= 11 is 0. The molecule has 1 aromatic heterocycles. The van der Waals surface area contributed by atoms with Crippen molar-refractivity contribution in [2.24, 2.45) is 0 Å². The van der Waals surface area contributed by atoms with Crippen molar-refractivity contribution in [1.82, 2.24) is 9.97 Å². The zero-order valence-corrected chi connectivity index (χ0v) is 11.8. The molecule has 0 bridgehead atoms. The largest absolute Gasteiger partial charge is 0.497 e. The highest BCUT2D eigenvalue weighted by Crippen LogP contribution is 2.23. The first-order valence-corrected chi connectivity index (χ1v) is 7.35. The Bertz CT molecular complexity index is 712. The average Bonchev–Trinajstić information content (AvgIpc) is 2.91. The highest BCUT2D eigenvalue weighted by atomic mass is 32.2. The Kier molecular flexibility index (Phi) is 3.93. The van der Waals surface area contributed by atoms with Crippen LogP contribution in [0.4, 0.5) is 10.1 Å². The Morgan fingerprint density at radius 1 is 1.45 bits per heavy atom. The monoisotopic (exact) mass is 299 g/mol. The summed E-state index contributed by atoms with van der Waals surface area (Å²) < 4.78 is 44.9. The molecule has 0 radical (unpaired) electrons. The van der Waals surface area contributed by atoms with Crippen molar-refractivity contribution in [2.75, 3.05) is 11.8 Å². The van der Waals surface area contributed by atoms with Crippen LogP contribution in [0.5, 0.6) is 5.75 Å². The van der Waals surface area contributed by atoms with Crippen molar-refractivity contribution >= 4 is 15.7 Å². The number of aryl methyl sites for hydroxylation is 1. The normalized spacial score (nSPS) is 11.3. The smallest absolute Gasteiger partial charge is 0.279 e. The molecule has 2 rings (SSSR count). The molecule has 1 aromatic carbocycles. The number of methoxy groups -OCH3 is 1. The van der Waals surface area contributed by atoms with Gasteiger partial charge in [0.1, 0.15) is 17.4 Å². The van der Waals surface area contributed by atoms with Gasteiger partial charge < -0.3 is 9.72 Å². The minimum Gasteiger partial charge on any atom is -0.497 e. The number of rotatable bonds is 5. The molecule has 0 atom stereocenters. The average molecular weight is 299 g/mol. The molecular formula is C12H14FN3O3S. The van der Waals surface area contributed by atoms with Gasteiger partial charge in [0, 0.05) is 12.5 Å². The lowest BCUT2D eigenvalue weighted by atomic mass is 10.3. The maximum atomic E-state index is 13.6. The molecule has 0 spiro atoms. The van der Waals surface area contributed by atoms with Gasteiger partial charge in [0.25, 0.3) is 10.0 Å². The maximum Gasteiger partial charge on any atom is 0.279 e. The summed E-state index contributed by atoms with van der Waals surface area (Å²) in [5.74, 6) is 0.198. The minimum absolute atomic E-state index is 0.114. The van der Waals surface area contributed by atoms with E-state index in [1.165, 1.54) is 25.4 Å². The zero-order chi connectivity index (χ0) is 14.8. The molecule has 6 nitrogen and oxygen atoms in total. The van der Waals surface area contributed by atoms with E-state index in [2.05, 4.69) is 14.7 Å². The van der Waals surface area contributed by atoms with E-state index in [1.54, 1.807) is 0 Å². The molecule has 0 saturated heterocycles. The van der Waals surface area contributed by atoms with Crippen LogP contribution in [0.3, 0.4) is 0 Å². The van der Waals surface area contributed by atoms with E-state index in [0.29, 0.717) is 18.0 Å². The molecular weight excluding hydrogens is 285 g/mol. The Hall–Kier alpha value is -2.09. The van der Waals surface area contributed by atoms with Crippen LogP contribution < -0.4 is 9.46 Å². The molecule has 8 heteroatoms. The molecule has 1 heterocycles. The number of aromatic amines is 1. The number of sulfonamides is 1. The van der Waals surface area contributed by atoms with Crippen LogP contribution >= 0.6 is 0 Å². The maximum absolute atomic E-state index is 13.6. The van der Waals surface area contributed by atoms with Gasteiger partial charge >= 0.3 is 0 Å². The number of anilines is 1. The highest BCUT2D eigenvalue weighted by molar-refractivity contribution is 7.92. The lowest BCUT2D eigenvalue weighted by Gasteiger charge is -2.08. The van der Waals surface area contributed by atoms with Crippen LogP contribution in [0.1, 0.15) is 12.7 Å². The predicted octanol–water partition coefficient (Wildman–Crippen LogP) is 1.92. The standard InChI is InChI=1S/C12H14FN3O3S/c1-3-11-14-7-12(15-11)20(17,18)16-10-6-8(19-2)4-5-9(10)13/h4-7,16H,3H2,1-2H3,(H,14,15). The number of benzene rings is 1. The summed E-state index contributed by atoms with van der Waals surface area (Å²) in [6, 6.07) is 3.80. The first-order valence-electron chi connectivity index (χ1n) is 5.86. The van der Waals surface area contributed by atoms with E-state index in [-0.39, 0.29) is 10.7 Å². The van der Waals surface area contributed by atoms with Gasteiger partial charge in [-0.3, -0.25) is 4.72 Å². The summed E-state index contributed by atoms with van der Waals surface area (Å²) in [5, 5.41) is -0.114. The van der Waals surface area contributed by atoms with Crippen molar-refractivity contribution in [3.63, 3.8) is 0 Å². The van der Waals surface area contributed by atoms with Gasteiger partial charge in [0.2, 0.25) is 0 Å². The van der Waals surface area contributed by atoms with Crippen LogP contribution in [0.25, 0.3) is 0 Å². The fourth-order valence-corrected chi connectivity index (χ4v) is 2.57. The molecule has 0 aliphatic carbocycles. The molecule has 0 saturated carbocycles. The lowest BCUT2D eigenvalue weighted by molar-refractivity contribution is 0.414. The quantitative estimate of drug-likeness (QED) is 0.883. The second-order valence-corrected chi connectivity index (χ2v) is 5.65. The SMILES string of the molecule is CCc1ncc(S(=O)(=O)Nc2cc(OC)ccc2F)[nH]1. The van der Waals surface area contributed by atoms with E-state index in [4.69, 9.17) is 4.74 Å². The van der Waals surface area contributed by atoms with Gasteiger partial charge in [0.05, 0.1) is 19.0 Å². The predicted molar refractivity (Wildman–Crippen MR) is 71.7 cm³/mol. The summed E-state index contributed by atoms with van der Waals surface area (Å²) in [6.45, 7) is 1.84. The van der Waals surface area contributed by atoms with E-state index >= 15 is 0 Å². The highest BCUT2D eigenvalue weighted by Gasteiger charge is 2.19. The number of imidazole rings is 1. The van der Waals surface area contributed by atoms with Crippen LogP contribution in [0, 0.1) is 5.82 Å². The van der Waals surface area contributed by atoms with Gasteiger partial charge in [-0.1, -0.05) is 6.92 Å². The molecule has 2 N–H and O–H groups in total. The van der Waals surface area contributed by atoms with Gasteiger partial charge in [-0.2, -0.15) is 8.42 Å². The van der Waals surface area contributed by atoms with Gasteiger partial charge in [-0.15, -0.1) is 0 Å². The van der Waals surface area contributed by atoms with E-state index < -0.39 is 15.8 Å². The summed E-state index contributed by atoms with van der Waals surface area (Å²) in [5.41, 5.74) is -0.183. The fourth-order valence-electron chi connectivity index (χ4n) is 1.57. The molecule has 0 aliphatic rings. The number of ether oxygens (including phenoxy) is 1. The summed E-state index contributed by atoms with van der Waals surface area (Å²) in [6.07, 6.45) is 1.77. The molecule has 0 amide bonds. The van der Waals surface area contributed by atoms with Crippen molar-refractivity contribution in [3.05, 3.63) is 36.0 Å². The second kappa shape index (κ2) is 5.49. The number of nitrogens with zero attached hydrogens (tertiary/aromatic N) is 1. The van der Waals surface area contributed by atoms with Crippen molar-refractivity contribution < 1.29 is 17.5 Å². The Morgan fingerprint density at radius 2 is 2.20 bits per heavy atom. The number of hydrogen-bond donors (Lipinski definition) is 2. The van der Waals surface area contributed by atoms with E-state index in [1.807, 2.05) is 6.92 Å². The molecule has 20 heavy (non-hydrogen) atoms. The topological polar surface area (TPSA) is 84.1 Å².